The first-order valence-corrected chi connectivity index (χ1v) is 5.45. The standard InChI is InChI=1S/C13H16O5/c1-9(14)16-10-5-7-11(8-6-10)17-12(15)18-13(2,3)4/h5-8H,1-4H3. The molecule has 0 unspecified atom stereocenters. The van der Waals surface area contributed by atoms with Crippen LogP contribution in [0, 0.1) is 0 Å². The second-order valence-corrected chi connectivity index (χ2v) is 4.63. The molecule has 98 valence electrons. The zero-order valence-electron chi connectivity index (χ0n) is 10.9. The van der Waals surface area contributed by atoms with E-state index in [-0.39, 0.29) is 0 Å². The molecule has 0 bridgehead atoms. The Bertz CT molecular complexity index is 428. The fourth-order valence-electron chi connectivity index (χ4n) is 1.11. The minimum Gasteiger partial charge on any atom is -0.428 e. The summed E-state index contributed by atoms with van der Waals surface area (Å²) >= 11 is 0. The molecule has 0 fully saturated rings. The number of carbonyl (C=O) groups excluding carboxylic acids is 2. The highest BCUT2D eigenvalue weighted by Crippen LogP contribution is 2.19. The summed E-state index contributed by atoms with van der Waals surface area (Å²) in [6.45, 7) is 6.55. The number of esters is 1. The van der Waals surface area contributed by atoms with Crippen molar-refractivity contribution in [2.45, 2.75) is 33.3 Å². The number of ether oxygens (including phenoxy) is 3. The van der Waals surface area contributed by atoms with Crippen molar-refractivity contribution in [1.82, 2.24) is 0 Å². The average molecular weight is 252 g/mol. The molecule has 0 saturated heterocycles. The van der Waals surface area contributed by atoms with Gasteiger partial charge in [-0.15, -0.1) is 0 Å². The number of benzene rings is 1. The minimum absolute atomic E-state index is 0.320. The maximum Gasteiger partial charge on any atom is 0.514 e. The van der Waals surface area contributed by atoms with Gasteiger partial charge in [0.1, 0.15) is 17.1 Å². The fraction of sp³-hybridized carbons (Fsp3) is 0.385. The van der Waals surface area contributed by atoms with E-state index in [4.69, 9.17) is 14.2 Å². The average Bonchev–Trinajstić information content (AvgIpc) is 2.17. The summed E-state index contributed by atoms with van der Waals surface area (Å²) in [5.74, 6) is 0.301. The summed E-state index contributed by atoms with van der Waals surface area (Å²) in [4.78, 5) is 22.1. The van der Waals surface area contributed by atoms with Crippen molar-refractivity contribution in [2.24, 2.45) is 0 Å². The molecule has 0 N–H and O–H groups in total. The van der Waals surface area contributed by atoms with Crippen LogP contribution in [0.2, 0.25) is 0 Å². The molecule has 0 heterocycles. The molecule has 0 atom stereocenters. The van der Waals surface area contributed by atoms with E-state index < -0.39 is 17.7 Å². The topological polar surface area (TPSA) is 61.8 Å². The van der Waals surface area contributed by atoms with Crippen LogP contribution in [0.1, 0.15) is 27.7 Å². The SMILES string of the molecule is CC(=O)Oc1ccc(OC(=O)OC(C)(C)C)cc1. The Labute approximate surface area is 106 Å². The first-order valence-electron chi connectivity index (χ1n) is 5.45. The monoisotopic (exact) mass is 252 g/mol. The van der Waals surface area contributed by atoms with E-state index in [1.54, 1.807) is 20.8 Å². The van der Waals surface area contributed by atoms with Gasteiger partial charge in [-0.1, -0.05) is 0 Å². The molecule has 1 aromatic carbocycles. The third-order valence-corrected chi connectivity index (χ3v) is 1.68. The van der Waals surface area contributed by atoms with Crippen LogP contribution in [0.25, 0.3) is 0 Å². The minimum atomic E-state index is -0.775. The third kappa shape index (κ3) is 5.34. The molecule has 0 aliphatic rings. The Morgan fingerprint density at radius 1 is 0.944 bits per heavy atom. The summed E-state index contributed by atoms with van der Waals surface area (Å²) in [5, 5.41) is 0. The van der Waals surface area contributed by atoms with Crippen LogP contribution >= 0.6 is 0 Å². The Hall–Kier alpha value is -2.04. The van der Waals surface area contributed by atoms with E-state index in [0.717, 1.165) is 0 Å². The van der Waals surface area contributed by atoms with Gasteiger partial charge in [0.25, 0.3) is 0 Å². The lowest BCUT2D eigenvalue weighted by Crippen LogP contribution is -2.25. The summed E-state index contributed by atoms with van der Waals surface area (Å²) in [7, 11) is 0. The smallest absolute Gasteiger partial charge is 0.428 e. The van der Waals surface area contributed by atoms with E-state index in [1.165, 1.54) is 31.2 Å². The molecule has 0 aromatic heterocycles. The molecule has 0 amide bonds. The maximum absolute atomic E-state index is 11.4. The van der Waals surface area contributed by atoms with Gasteiger partial charge in [0.05, 0.1) is 0 Å². The number of rotatable bonds is 2. The van der Waals surface area contributed by atoms with E-state index in [0.29, 0.717) is 11.5 Å². The lowest BCUT2D eigenvalue weighted by molar-refractivity contribution is -0.131. The van der Waals surface area contributed by atoms with Crippen molar-refractivity contribution in [2.75, 3.05) is 0 Å². The second kappa shape index (κ2) is 5.53. The quantitative estimate of drug-likeness (QED) is 0.460. The van der Waals surface area contributed by atoms with Gasteiger partial charge >= 0.3 is 12.1 Å². The van der Waals surface area contributed by atoms with Crippen molar-refractivity contribution in [3.8, 4) is 11.5 Å². The summed E-state index contributed by atoms with van der Waals surface area (Å²) in [6, 6.07) is 6.09. The van der Waals surface area contributed by atoms with Crippen LogP contribution < -0.4 is 9.47 Å². The van der Waals surface area contributed by atoms with Gasteiger partial charge < -0.3 is 14.2 Å². The van der Waals surface area contributed by atoms with Crippen LogP contribution in [0.4, 0.5) is 4.79 Å². The summed E-state index contributed by atoms with van der Waals surface area (Å²) in [5.41, 5.74) is -0.602. The van der Waals surface area contributed by atoms with E-state index in [2.05, 4.69) is 0 Å². The summed E-state index contributed by atoms with van der Waals surface area (Å²) < 4.78 is 14.8. The normalized spacial score (nSPS) is 10.7. The van der Waals surface area contributed by atoms with Crippen LogP contribution in [-0.2, 0) is 9.53 Å². The van der Waals surface area contributed by atoms with Crippen LogP contribution in [0.3, 0.4) is 0 Å². The van der Waals surface area contributed by atoms with Crippen LogP contribution in [-0.4, -0.2) is 17.7 Å². The van der Waals surface area contributed by atoms with Crippen LogP contribution in [0.15, 0.2) is 24.3 Å². The molecule has 5 nitrogen and oxygen atoms in total. The molecular weight excluding hydrogens is 236 g/mol. The van der Waals surface area contributed by atoms with Crippen molar-refractivity contribution >= 4 is 12.1 Å². The fourth-order valence-corrected chi connectivity index (χ4v) is 1.11. The first-order chi connectivity index (χ1) is 8.26. The molecule has 5 heteroatoms. The van der Waals surface area contributed by atoms with Gasteiger partial charge in [-0.2, -0.15) is 0 Å². The molecule has 0 saturated carbocycles. The van der Waals surface area contributed by atoms with Crippen molar-refractivity contribution < 1.29 is 23.8 Å². The molecule has 0 aliphatic carbocycles. The molecule has 0 spiro atoms. The van der Waals surface area contributed by atoms with Gasteiger partial charge in [0, 0.05) is 6.92 Å². The van der Waals surface area contributed by atoms with Crippen molar-refractivity contribution in [1.29, 1.82) is 0 Å². The number of carbonyl (C=O) groups is 2. The van der Waals surface area contributed by atoms with E-state index >= 15 is 0 Å². The highest BCUT2D eigenvalue weighted by atomic mass is 16.7. The van der Waals surface area contributed by atoms with Gasteiger partial charge in [-0.3, -0.25) is 4.79 Å². The Morgan fingerprint density at radius 2 is 1.39 bits per heavy atom. The van der Waals surface area contributed by atoms with Crippen LogP contribution in [0.5, 0.6) is 11.5 Å². The molecule has 18 heavy (non-hydrogen) atoms. The lowest BCUT2D eigenvalue weighted by atomic mass is 10.2. The van der Waals surface area contributed by atoms with Gasteiger partial charge in [-0.05, 0) is 45.0 Å². The maximum atomic E-state index is 11.4. The van der Waals surface area contributed by atoms with Gasteiger partial charge in [0.2, 0.25) is 0 Å². The van der Waals surface area contributed by atoms with Crippen molar-refractivity contribution in [3.63, 3.8) is 0 Å². The van der Waals surface area contributed by atoms with Crippen molar-refractivity contribution in [3.05, 3.63) is 24.3 Å². The second-order valence-electron chi connectivity index (χ2n) is 4.63. The molecule has 1 rings (SSSR count). The Kier molecular flexibility index (Phi) is 4.31. The zero-order chi connectivity index (χ0) is 13.8. The molecule has 1 aromatic rings. The lowest BCUT2D eigenvalue weighted by Gasteiger charge is -2.18. The molecule has 0 aliphatic heterocycles. The number of hydrogen-bond donors (Lipinski definition) is 0. The van der Waals surface area contributed by atoms with E-state index in [9.17, 15) is 9.59 Å². The summed E-state index contributed by atoms with van der Waals surface area (Å²) in [6.07, 6.45) is -0.775. The highest BCUT2D eigenvalue weighted by molar-refractivity contribution is 5.69. The number of hydrogen-bond acceptors (Lipinski definition) is 5. The predicted octanol–water partition coefficient (Wildman–Crippen LogP) is 2.93. The highest BCUT2D eigenvalue weighted by Gasteiger charge is 2.17. The first kappa shape index (κ1) is 14.0. The third-order valence-electron chi connectivity index (χ3n) is 1.68. The zero-order valence-corrected chi connectivity index (χ0v) is 10.9. The molecule has 0 radical (unpaired) electrons. The van der Waals surface area contributed by atoms with Gasteiger partial charge in [0.15, 0.2) is 0 Å². The van der Waals surface area contributed by atoms with E-state index in [1.807, 2.05) is 0 Å². The Morgan fingerprint density at radius 3 is 1.78 bits per heavy atom. The predicted molar refractivity (Wildman–Crippen MR) is 64.6 cm³/mol. The molecular formula is C13H16O5. The van der Waals surface area contributed by atoms with Gasteiger partial charge in [-0.25, -0.2) is 4.79 Å². The largest absolute Gasteiger partial charge is 0.514 e. The Balaban J connectivity index is 2.58.